The molecule has 0 aliphatic heterocycles. The van der Waals surface area contributed by atoms with E-state index >= 15 is 0 Å². The van der Waals surface area contributed by atoms with Gasteiger partial charge in [0.05, 0.1) is 0 Å². The Morgan fingerprint density at radius 1 is 1.45 bits per heavy atom. The molecule has 0 rings (SSSR count). The van der Waals surface area contributed by atoms with Gasteiger partial charge < -0.3 is 5.32 Å². The number of carbonyl (C=O) groups excluding carboxylic acids is 1. The summed E-state index contributed by atoms with van der Waals surface area (Å²) in [5.41, 5.74) is 0. The van der Waals surface area contributed by atoms with E-state index in [9.17, 15) is 4.79 Å². The molecule has 4 heteroatoms. The second kappa shape index (κ2) is 3.85. The number of urea groups is 1. The second-order valence-corrected chi connectivity index (χ2v) is 5.60. The van der Waals surface area contributed by atoms with Crippen LogP contribution in [0, 0.1) is 0 Å². The van der Waals surface area contributed by atoms with Crippen molar-refractivity contribution in [2.24, 2.45) is 4.36 Å². The lowest BCUT2D eigenvalue weighted by atomic mass is 10.3. The minimum absolute atomic E-state index is 0.0898. The fourth-order valence-electron chi connectivity index (χ4n) is 0.307. The van der Waals surface area contributed by atoms with E-state index in [1.807, 2.05) is 6.26 Å². The highest BCUT2D eigenvalue weighted by atomic mass is 32.2. The van der Waals surface area contributed by atoms with Crippen molar-refractivity contribution in [3.63, 3.8) is 0 Å². The summed E-state index contributed by atoms with van der Waals surface area (Å²) in [4.78, 5) is 10.8. The third-order valence-electron chi connectivity index (χ3n) is 1.32. The van der Waals surface area contributed by atoms with Crippen LogP contribution < -0.4 is 5.32 Å². The summed E-state index contributed by atoms with van der Waals surface area (Å²) in [6.45, 7) is 6.22. The molecule has 66 valence electrons. The average Bonchev–Trinajstić information content (AvgIpc) is 1.85. The first kappa shape index (κ1) is 10.6. The quantitative estimate of drug-likeness (QED) is 0.598. The monoisotopic (exact) mass is 176 g/mol. The SMILES string of the molecule is CNC(=O)/N=S(\C)C(C)(C)C. The van der Waals surface area contributed by atoms with Crippen LogP contribution in [0.5, 0.6) is 0 Å². The molecule has 0 saturated heterocycles. The van der Waals surface area contributed by atoms with E-state index in [0.29, 0.717) is 0 Å². The molecule has 1 atom stereocenters. The number of rotatable bonds is 0. The molecule has 3 nitrogen and oxygen atoms in total. The molecule has 1 unspecified atom stereocenters. The maximum absolute atomic E-state index is 10.8. The summed E-state index contributed by atoms with van der Waals surface area (Å²) >= 11 is 0. The number of nitrogens with one attached hydrogen (secondary N) is 1. The van der Waals surface area contributed by atoms with E-state index in [4.69, 9.17) is 0 Å². The van der Waals surface area contributed by atoms with E-state index < -0.39 is 0 Å². The highest BCUT2D eigenvalue weighted by Crippen LogP contribution is 2.11. The van der Waals surface area contributed by atoms with Crippen LogP contribution in [0.2, 0.25) is 0 Å². The van der Waals surface area contributed by atoms with Crippen molar-refractivity contribution >= 4 is 16.7 Å². The van der Waals surface area contributed by atoms with Gasteiger partial charge in [0.1, 0.15) is 0 Å². The summed E-state index contributed by atoms with van der Waals surface area (Å²) in [6.07, 6.45) is 1.97. The maximum atomic E-state index is 10.8. The third-order valence-corrected chi connectivity index (χ3v) is 3.53. The Morgan fingerprint density at radius 2 is 1.91 bits per heavy atom. The van der Waals surface area contributed by atoms with Crippen molar-refractivity contribution in [3.8, 4) is 0 Å². The zero-order valence-corrected chi connectivity index (χ0v) is 8.58. The zero-order valence-electron chi connectivity index (χ0n) is 7.76. The van der Waals surface area contributed by atoms with Gasteiger partial charge in [-0.3, -0.25) is 0 Å². The van der Waals surface area contributed by atoms with Gasteiger partial charge in [0.2, 0.25) is 0 Å². The Hall–Kier alpha value is -0.380. The van der Waals surface area contributed by atoms with Gasteiger partial charge in [-0.2, -0.15) is 4.36 Å². The van der Waals surface area contributed by atoms with Gasteiger partial charge in [-0.25, -0.2) is 4.79 Å². The van der Waals surface area contributed by atoms with Crippen LogP contribution in [0.25, 0.3) is 0 Å². The summed E-state index contributed by atoms with van der Waals surface area (Å²) in [7, 11) is 1.38. The molecule has 0 radical (unpaired) electrons. The minimum atomic E-state index is -0.231. The van der Waals surface area contributed by atoms with E-state index in [-0.39, 0.29) is 21.5 Å². The molecule has 0 saturated carbocycles. The molecule has 0 spiro atoms. The number of nitrogens with zero attached hydrogens (tertiary/aromatic N) is 1. The van der Waals surface area contributed by atoms with Crippen molar-refractivity contribution in [2.75, 3.05) is 13.3 Å². The molecule has 0 aliphatic rings. The van der Waals surface area contributed by atoms with Gasteiger partial charge in [-0.1, -0.05) is 31.5 Å². The molecule has 0 fully saturated rings. The van der Waals surface area contributed by atoms with Crippen LogP contribution in [0.4, 0.5) is 4.79 Å². The number of carbonyl (C=O) groups is 1. The maximum Gasteiger partial charge on any atom is 0.346 e. The lowest BCUT2D eigenvalue weighted by Gasteiger charge is -2.18. The van der Waals surface area contributed by atoms with Crippen molar-refractivity contribution in [3.05, 3.63) is 0 Å². The molecular weight excluding hydrogens is 160 g/mol. The minimum Gasteiger partial charge on any atom is -0.339 e. The first-order valence-electron chi connectivity index (χ1n) is 3.47. The number of hydrogen-bond acceptors (Lipinski definition) is 1. The predicted molar refractivity (Wildman–Crippen MR) is 49.9 cm³/mol. The van der Waals surface area contributed by atoms with Gasteiger partial charge in [0.25, 0.3) is 0 Å². The van der Waals surface area contributed by atoms with Crippen LogP contribution in [0.3, 0.4) is 0 Å². The summed E-state index contributed by atoms with van der Waals surface area (Å²) in [5, 5.41) is 2.47. The predicted octanol–water partition coefficient (Wildman–Crippen LogP) is 1.56. The first-order chi connectivity index (χ1) is 4.88. The molecule has 0 aromatic carbocycles. The van der Waals surface area contributed by atoms with Crippen molar-refractivity contribution in [1.82, 2.24) is 5.32 Å². The first-order valence-corrected chi connectivity index (χ1v) is 5.06. The largest absolute Gasteiger partial charge is 0.346 e. The zero-order chi connectivity index (χ0) is 9.07. The lowest BCUT2D eigenvalue weighted by molar-refractivity contribution is 0.251. The van der Waals surface area contributed by atoms with Gasteiger partial charge in [-0.15, -0.1) is 0 Å². The van der Waals surface area contributed by atoms with Gasteiger partial charge in [0.15, 0.2) is 0 Å². The van der Waals surface area contributed by atoms with E-state index in [2.05, 4.69) is 30.5 Å². The Balaban J connectivity index is 4.35. The summed E-state index contributed by atoms with van der Waals surface area (Å²) in [6, 6.07) is -0.231. The standard InChI is InChI=1S/C7H16N2OS/c1-7(2,3)11(5)9-6(10)8-4/h1-5H3,(H,8,10). The molecular formula is C7H16N2OS. The third kappa shape index (κ3) is 4.14. The van der Waals surface area contributed by atoms with E-state index in [1.165, 1.54) is 0 Å². The lowest BCUT2D eigenvalue weighted by Crippen LogP contribution is -2.23. The van der Waals surface area contributed by atoms with Crippen LogP contribution >= 0.6 is 0 Å². The number of hydrogen-bond donors (Lipinski definition) is 1. The molecule has 0 aromatic heterocycles. The summed E-state index contributed by atoms with van der Waals surface area (Å²) < 4.78 is 4.03. The molecule has 0 aromatic rings. The molecule has 0 aliphatic carbocycles. The smallest absolute Gasteiger partial charge is 0.339 e. The van der Waals surface area contributed by atoms with Gasteiger partial charge in [0, 0.05) is 11.8 Å². The van der Waals surface area contributed by atoms with Crippen LogP contribution in [-0.4, -0.2) is 24.1 Å². The van der Waals surface area contributed by atoms with Gasteiger partial charge >= 0.3 is 6.03 Å². The Kier molecular flexibility index (Phi) is 3.72. The topological polar surface area (TPSA) is 41.5 Å². The normalized spacial score (nSPS) is 14.6. The van der Waals surface area contributed by atoms with E-state index in [0.717, 1.165) is 0 Å². The van der Waals surface area contributed by atoms with Crippen LogP contribution in [0.15, 0.2) is 4.36 Å². The summed E-state index contributed by atoms with van der Waals surface area (Å²) in [5.74, 6) is 0. The number of amides is 2. The average molecular weight is 176 g/mol. The van der Waals surface area contributed by atoms with Gasteiger partial charge in [-0.05, 0) is 6.26 Å². The Bertz CT molecular complexity index is 181. The van der Waals surface area contributed by atoms with Crippen molar-refractivity contribution in [2.45, 2.75) is 25.5 Å². The Labute approximate surface area is 70.7 Å². The molecule has 0 heterocycles. The van der Waals surface area contributed by atoms with Crippen LogP contribution in [0.1, 0.15) is 20.8 Å². The van der Waals surface area contributed by atoms with Crippen molar-refractivity contribution < 1.29 is 4.79 Å². The fourth-order valence-corrected chi connectivity index (χ4v) is 0.921. The second-order valence-electron chi connectivity index (χ2n) is 3.24. The highest BCUT2D eigenvalue weighted by molar-refractivity contribution is 7.88. The Morgan fingerprint density at radius 3 is 2.18 bits per heavy atom. The van der Waals surface area contributed by atoms with Crippen LogP contribution in [-0.2, 0) is 10.7 Å². The fraction of sp³-hybridized carbons (Fsp3) is 0.857. The molecule has 2 amide bonds. The van der Waals surface area contributed by atoms with Crippen molar-refractivity contribution in [1.29, 1.82) is 0 Å². The molecule has 0 bridgehead atoms. The highest BCUT2D eigenvalue weighted by Gasteiger charge is 2.13. The molecule has 1 N–H and O–H groups in total. The van der Waals surface area contributed by atoms with E-state index in [1.54, 1.807) is 7.05 Å². The molecule has 11 heavy (non-hydrogen) atoms.